The van der Waals surface area contributed by atoms with E-state index in [0.29, 0.717) is 35.7 Å². The van der Waals surface area contributed by atoms with E-state index in [1.54, 1.807) is 24.3 Å². The molecule has 4 rings (SSSR count). The molecule has 0 radical (unpaired) electrons. The van der Waals surface area contributed by atoms with E-state index in [1.165, 1.54) is 0 Å². The average Bonchev–Trinajstić information content (AvgIpc) is 3.23. The fourth-order valence-electron chi connectivity index (χ4n) is 3.30. The van der Waals surface area contributed by atoms with Gasteiger partial charge in [-0.1, -0.05) is 18.2 Å². The number of aromatic amines is 1. The standard InChI is InChI=1S/C24H18F3N5O/c25-24(26,27)18-8-6-16(7-9-18)22(33)30-19-10-4-15(5-11-19)12-13-29-23-31-20-3-1-2-17(14-28)21(20)32-23/h1-11H,12-13H2,(H,30,33)(H2,29,31,32). The zero-order valence-electron chi connectivity index (χ0n) is 17.2. The van der Waals surface area contributed by atoms with E-state index in [1.807, 2.05) is 18.2 Å². The van der Waals surface area contributed by atoms with Crippen LogP contribution >= 0.6 is 0 Å². The lowest BCUT2D eigenvalue weighted by molar-refractivity contribution is -0.137. The second kappa shape index (κ2) is 9.04. The molecule has 0 unspecified atom stereocenters. The van der Waals surface area contributed by atoms with Crippen molar-refractivity contribution in [1.29, 1.82) is 5.26 Å². The maximum absolute atomic E-state index is 12.6. The Morgan fingerprint density at radius 1 is 1.03 bits per heavy atom. The number of hydrogen-bond donors (Lipinski definition) is 3. The number of amides is 1. The van der Waals surface area contributed by atoms with Crippen LogP contribution in [0, 0.1) is 11.3 Å². The summed E-state index contributed by atoms with van der Waals surface area (Å²) in [4.78, 5) is 19.8. The predicted octanol–water partition coefficient (Wildman–Crippen LogP) is 5.36. The van der Waals surface area contributed by atoms with Gasteiger partial charge in [-0.3, -0.25) is 4.79 Å². The maximum Gasteiger partial charge on any atom is 0.416 e. The van der Waals surface area contributed by atoms with E-state index in [4.69, 9.17) is 5.26 Å². The first-order chi connectivity index (χ1) is 15.8. The van der Waals surface area contributed by atoms with Crippen LogP contribution in [0.4, 0.5) is 24.8 Å². The van der Waals surface area contributed by atoms with E-state index >= 15 is 0 Å². The maximum atomic E-state index is 12.6. The van der Waals surface area contributed by atoms with Gasteiger partial charge in [-0.05, 0) is 60.5 Å². The van der Waals surface area contributed by atoms with Crippen molar-refractivity contribution in [3.63, 3.8) is 0 Å². The van der Waals surface area contributed by atoms with Crippen molar-refractivity contribution in [3.8, 4) is 6.07 Å². The van der Waals surface area contributed by atoms with Crippen LogP contribution in [-0.2, 0) is 12.6 Å². The third kappa shape index (κ3) is 5.13. The number of halogens is 3. The van der Waals surface area contributed by atoms with Gasteiger partial charge in [0.25, 0.3) is 5.91 Å². The number of nitriles is 1. The minimum atomic E-state index is -4.44. The molecule has 166 valence electrons. The van der Waals surface area contributed by atoms with Crippen LogP contribution in [0.3, 0.4) is 0 Å². The largest absolute Gasteiger partial charge is 0.416 e. The number of hydrogen-bond acceptors (Lipinski definition) is 4. The summed E-state index contributed by atoms with van der Waals surface area (Å²) >= 11 is 0. The Labute approximate surface area is 187 Å². The van der Waals surface area contributed by atoms with Crippen LogP contribution in [0.2, 0.25) is 0 Å². The molecule has 33 heavy (non-hydrogen) atoms. The quantitative estimate of drug-likeness (QED) is 0.369. The van der Waals surface area contributed by atoms with Crippen LogP contribution in [0.25, 0.3) is 11.0 Å². The summed E-state index contributed by atoms with van der Waals surface area (Å²) in [5.41, 5.74) is 2.81. The lowest BCUT2D eigenvalue weighted by atomic mass is 10.1. The fraction of sp³-hybridized carbons (Fsp3) is 0.125. The Morgan fingerprint density at radius 3 is 2.42 bits per heavy atom. The molecule has 0 aliphatic carbocycles. The minimum Gasteiger partial charge on any atom is -0.355 e. The molecule has 9 heteroatoms. The Kier molecular flexibility index (Phi) is 6.00. The summed E-state index contributed by atoms with van der Waals surface area (Å²) in [5, 5.41) is 15.0. The molecule has 1 heterocycles. The number of benzene rings is 3. The molecule has 4 aromatic rings. The monoisotopic (exact) mass is 449 g/mol. The highest BCUT2D eigenvalue weighted by atomic mass is 19.4. The van der Waals surface area contributed by atoms with Crippen LogP contribution in [0.15, 0.2) is 66.7 Å². The van der Waals surface area contributed by atoms with Gasteiger partial charge in [-0.25, -0.2) is 4.98 Å². The molecule has 1 amide bonds. The molecule has 0 aliphatic heterocycles. The predicted molar refractivity (Wildman–Crippen MR) is 119 cm³/mol. The van der Waals surface area contributed by atoms with E-state index < -0.39 is 17.6 Å². The van der Waals surface area contributed by atoms with Gasteiger partial charge in [0.2, 0.25) is 5.95 Å². The average molecular weight is 449 g/mol. The number of carbonyl (C=O) groups is 1. The lowest BCUT2D eigenvalue weighted by Crippen LogP contribution is -2.13. The number of alkyl halides is 3. The van der Waals surface area contributed by atoms with Crippen LogP contribution < -0.4 is 10.6 Å². The SMILES string of the molecule is N#Cc1cccc2[nH]c(NCCc3ccc(NC(=O)c4ccc(C(F)(F)F)cc4)cc3)nc12. The van der Waals surface area contributed by atoms with Gasteiger partial charge in [0.05, 0.1) is 16.6 Å². The van der Waals surface area contributed by atoms with Gasteiger partial charge in [-0.15, -0.1) is 0 Å². The normalized spacial score (nSPS) is 11.2. The highest BCUT2D eigenvalue weighted by molar-refractivity contribution is 6.04. The van der Waals surface area contributed by atoms with Crippen molar-refractivity contribution >= 4 is 28.6 Å². The van der Waals surface area contributed by atoms with E-state index in [-0.39, 0.29) is 5.56 Å². The molecule has 0 aliphatic rings. The number of nitrogens with one attached hydrogen (secondary N) is 3. The van der Waals surface area contributed by atoms with Crippen LogP contribution in [0.1, 0.15) is 27.0 Å². The smallest absolute Gasteiger partial charge is 0.355 e. The molecule has 0 fully saturated rings. The zero-order valence-corrected chi connectivity index (χ0v) is 17.2. The Hall–Kier alpha value is -4.32. The number of H-pyrrole nitrogens is 1. The van der Waals surface area contributed by atoms with Crippen LogP contribution in [0.5, 0.6) is 0 Å². The van der Waals surface area contributed by atoms with Gasteiger partial charge >= 0.3 is 6.18 Å². The highest BCUT2D eigenvalue weighted by Crippen LogP contribution is 2.29. The number of carbonyl (C=O) groups excluding carboxylic acids is 1. The summed E-state index contributed by atoms with van der Waals surface area (Å²) in [6.45, 7) is 0.596. The number of rotatable bonds is 6. The van der Waals surface area contributed by atoms with Gasteiger partial charge in [0, 0.05) is 17.8 Å². The molecule has 3 aromatic carbocycles. The van der Waals surface area contributed by atoms with Crippen LogP contribution in [-0.4, -0.2) is 22.4 Å². The second-order valence-corrected chi connectivity index (χ2v) is 7.30. The Bertz CT molecular complexity index is 1320. The number of imidazole rings is 1. The third-order valence-electron chi connectivity index (χ3n) is 5.03. The first kappa shape index (κ1) is 21.9. The molecule has 0 saturated carbocycles. The van der Waals surface area contributed by atoms with E-state index in [9.17, 15) is 18.0 Å². The second-order valence-electron chi connectivity index (χ2n) is 7.30. The van der Waals surface area contributed by atoms with E-state index in [0.717, 1.165) is 35.3 Å². The summed E-state index contributed by atoms with van der Waals surface area (Å²) in [6, 6.07) is 18.7. The zero-order chi connectivity index (χ0) is 23.4. The van der Waals surface area contributed by atoms with Crippen molar-refractivity contribution in [2.75, 3.05) is 17.2 Å². The first-order valence-electron chi connectivity index (χ1n) is 10.0. The summed E-state index contributed by atoms with van der Waals surface area (Å²) in [6.07, 6.45) is -3.75. The van der Waals surface area contributed by atoms with Gasteiger partial charge in [-0.2, -0.15) is 18.4 Å². The van der Waals surface area contributed by atoms with Gasteiger partial charge in [0.15, 0.2) is 0 Å². The minimum absolute atomic E-state index is 0.140. The molecule has 1 aromatic heterocycles. The summed E-state index contributed by atoms with van der Waals surface area (Å²) in [7, 11) is 0. The van der Waals surface area contributed by atoms with Crippen molar-refractivity contribution in [2.45, 2.75) is 12.6 Å². The molecule has 0 spiro atoms. The molecule has 6 nitrogen and oxygen atoms in total. The summed E-state index contributed by atoms with van der Waals surface area (Å²) in [5.74, 6) is 0.0906. The highest BCUT2D eigenvalue weighted by Gasteiger charge is 2.30. The number of aromatic nitrogens is 2. The fourth-order valence-corrected chi connectivity index (χ4v) is 3.30. The Balaban J connectivity index is 1.31. The van der Waals surface area contributed by atoms with Crippen molar-refractivity contribution in [3.05, 3.63) is 89.0 Å². The topological polar surface area (TPSA) is 93.6 Å². The number of anilines is 2. The molecular formula is C24H18F3N5O. The lowest BCUT2D eigenvalue weighted by Gasteiger charge is -2.09. The van der Waals surface area contributed by atoms with E-state index in [2.05, 4.69) is 26.7 Å². The third-order valence-corrected chi connectivity index (χ3v) is 5.03. The summed E-state index contributed by atoms with van der Waals surface area (Å²) < 4.78 is 37.9. The van der Waals surface area contributed by atoms with Crippen molar-refractivity contribution < 1.29 is 18.0 Å². The van der Waals surface area contributed by atoms with Gasteiger partial charge in [0.1, 0.15) is 11.6 Å². The Morgan fingerprint density at radius 2 is 1.76 bits per heavy atom. The van der Waals surface area contributed by atoms with Crippen molar-refractivity contribution in [2.24, 2.45) is 0 Å². The van der Waals surface area contributed by atoms with Gasteiger partial charge < -0.3 is 15.6 Å². The molecule has 0 bridgehead atoms. The number of nitrogens with zero attached hydrogens (tertiary/aromatic N) is 2. The molecular weight excluding hydrogens is 431 g/mol. The number of para-hydroxylation sites is 1. The number of fused-ring (bicyclic) bond motifs is 1. The first-order valence-corrected chi connectivity index (χ1v) is 10.0. The molecule has 3 N–H and O–H groups in total. The molecule has 0 atom stereocenters. The van der Waals surface area contributed by atoms with Crippen molar-refractivity contribution in [1.82, 2.24) is 9.97 Å². The molecule has 0 saturated heterocycles.